The minimum Gasteiger partial charge on any atom is -0.367 e. The molecule has 0 bridgehead atoms. The number of hydrogen-bond donors (Lipinski definition) is 1. The minimum absolute atomic E-state index is 0.205. The quantitative estimate of drug-likeness (QED) is 0.670. The smallest absolute Gasteiger partial charge is 0.200 e. The zero-order valence-corrected chi connectivity index (χ0v) is 21.2. The molecular formula is C27H38FN5O2. The fraction of sp³-hybridized carbons (Fsp3) is 0.630. The van der Waals surface area contributed by atoms with Crippen LogP contribution < -0.4 is 15.8 Å². The molecule has 2 aliphatic heterocycles. The van der Waals surface area contributed by atoms with Crippen LogP contribution in [0.5, 0.6) is 0 Å². The number of rotatable bonds is 6. The van der Waals surface area contributed by atoms with Crippen LogP contribution in [0.25, 0.3) is 10.9 Å². The molecular weight excluding hydrogens is 445 g/mol. The second kappa shape index (κ2) is 10.3. The molecule has 2 aromatic rings. The third kappa shape index (κ3) is 5.23. The van der Waals surface area contributed by atoms with Crippen LogP contribution in [-0.2, 0) is 11.4 Å². The first-order chi connectivity index (χ1) is 16.9. The number of aliphatic imine (C=N–C) groups is 1. The maximum absolute atomic E-state index is 15.4. The lowest BCUT2D eigenvalue weighted by Crippen LogP contribution is -2.44. The average molecular weight is 484 g/mol. The van der Waals surface area contributed by atoms with Crippen LogP contribution in [0.2, 0.25) is 0 Å². The molecule has 35 heavy (non-hydrogen) atoms. The van der Waals surface area contributed by atoms with Crippen molar-refractivity contribution in [3.8, 4) is 0 Å². The van der Waals surface area contributed by atoms with Gasteiger partial charge in [-0.3, -0.25) is 4.79 Å². The Balaban J connectivity index is 1.58. The van der Waals surface area contributed by atoms with E-state index in [0.717, 1.165) is 44.7 Å². The van der Waals surface area contributed by atoms with E-state index in [0.29, 0.717) is 34.3 Å². The zero-order chi connectivity index (χ0) is 24.5. The topological polar surface area (TPSA) is 62.1 Å². The molecule has 1 N–H and O–H groups in total. The van der Waals surface area contributed by atoms with Crippen LogP contribution in [0.1, 0.15) is 57.9 Å². The number of hydrogen-bond acceptors (Lipinski definition) is 6. The third-order valence-corrected chi connectivity index (χ3v) is 7.67. The maximum Gasteiger partial charge on any atom is 0.200 e. The number of halogens is 1. The van der Waals surface area contributed by atoms with Gasteiger partial charge in [0.15, 0.2) is 17.5 Å². The largest absolute Gasteiger partial charge is 0.367 e. The molecule has 0 spiro atoms. The number of anilines is 1. The van der Waals surface area contributed by atoms with E-state index in [1.54, 1.807) is 0 Å². The van der Waals surface area contributed by atoms with Crippen molar-refractivity contribution in [2.75, 3.05) is 38.1 Å². The number of nitrogens with one attached hydrogen (secondary N) is 1. The summed E-state index contributed by atoms with van der Waals surface area (Å²) in [5, 5.41) is 0.408. The Hall–Kier alpha value is -2.45. The number of benzene rings is 1. The summed E-state index contributed by atoms with van der Waals surface area (Å²) in [6.45, 7) is 8.40. The molecule has 1 atom stereocenters. The van der Waals surface area contributed by atoms with Crippen LogP contribution in [0.3, 0.4) is 0 Å². The van der Waals surface area contributed by atoms with E-state index in [1.165, 1.54) is 38.2 Å². The Morgan fingerprint density at radius 1 is 1.14 bits per heavy atom. The summed E-state index contributed by atoms with van der Waals surface area (Å²) >= 11 is 0. The molecule has 1 aliphatic carbocycles. The standard InChI is InChI=1S/C27H38FN5O2/c1-18(2)13-25-29-27(30-35-25)21-17-33(16-19-7-5-4-6-8-19)23-15-24(22(28)14-20(23)26(21)34)32-11-9-31(3)10-12-32/h14-15,17-19,25H,4-13,16H2,1-3H3,(H,29,30). The number of pyridine rings is 1. The lowest BCUT2D eigenvalue weighted by atomic mass is 9.89. The van der Waals surface area contributed by atoms with Crippen LogP contribution in [0, 0.1) is 17.7 Å². The second-order valence-electron chi connectivity index (χ2n) is 10.9. The Kier molecular flexibility index (Phi) is 7.12. The van der Waals surface area contributed by atoms with Gasteiger partial charge in [-0.1, -0.05) is 33.1 Å². The van der Waals surface area contributed by atoms with Gasteiger partial charge in [0.05, 0.1) is 16.8 Å². The van der Waals surface area contributed by atoms with Gasteiger partial charge in [0.1, 0.15) is 5.82 Å². The van der Waals surface area contributed by atoms with Gasteiger partial charge in [0.25, 0.3) is 0 Å². The number of amidine groups is 1. The van der Waals surface area contributed by atoms with Crippen molar-refractivity contribution >= 4 is 22.4 Å². The van der Waals surface area contributed by atoms with Crippen molar-refractivity contribution in [1.82, 2.24) is 14.9 Å². The molecule has 1 unspecified atom stereocenters. The molecule has 7 nitrogen and oxygen atoms in total. The van der Waals surface area contributed by atoms with Gasteiger partial charge in [-0.25, -0.2) is 19.7 Å². The lowest BCUT2D eigenvalue weighted by Gasteiger charge is -2.34. The first kappa shape index (κ1) is 24.3. The SMILES string of the molecule is CC(C)CC1N=C(c2cn(CC3CCCCC3)c3cc(N4CCN(C)CC4)c(F)cc3c2=O)NO1. The highest BCUT2D eigenvalue weighted by Crippen LogP contribution is 2.30. The Morgan fingerprint density at radius 2 is 1.89 bits per heavy atom. The Labute approximate surface area is 206 Å². The summed E-state index contributed by atoms with van der Waals surface area (Å²) in [7, 11) is 2.09. The van der Waals surface area contributed by atoms with Gasteiger partial charge < -0.3 is 14.4 Å². The van der Waals surface area contributed by atoms with Crippen LogP contribution in [-0.4, -0.2) is 54.8 Å². The van der Waals surface area contributed by atoms with E-state index < -0.39 is 0 Å². The molecule has 2 fully saturated rings. The Bertz CT molecular complexity index is 1150. The highest BCUT2D eigenvalue weighted by molar-refractivity contribution is 6.01. The summed E-state index contributed by atoms with van der Waals surface area (Å²) in [6.07, 6.45) is 8.53. The summed E-state index contributed by atoms with van der Waals surface area (Å²) < 4.78 is 17.6. The number of likely N-dealkylation sites (N-methyl/N-ethyl adjacent to an activating group) is 1. The van der Waals surface area contributed by atoms with Crippen molar-refractivity contribution in [3.05, 3.63) is 39.9 Å². The van der Waals surface area contributed by atoms with Crippen molar-refractivity contribution < 1.29 is 9.23 Å². The zero-order valence-electron chi connectivity index (χ0n) is 21.2. The molecule has 0 radical (unpaired) electrons. The molecule has 1 saturated carbocycles. The summed E-state index contributed by atoms with van der Waals surface area (Å²) in [5.74, 6) is 1.09. The van der Waals surface area contributed by atoms with E-state index in [4.69, 9.17) is 4.84 Å². The highest BCUT2D eigenvalue weighted by Gasteiger charge is 2.26. The van der Waals surface area contributed by atoms with Gasteiger partial charge in [-0.05, 0) is 50.3 Å². The number of hydroxylamine groups is 1. The first-order valence-electron chi connectivity index (χ1n) is 13.2. The van der Waals surface area contributed by atoms with E-state index in [2.05, 4.69) is 45.7 Å². The highest BCUT2D eigenvalue weighted by atomic mass is 19.1. The summed E-state index contributed by atoms with van der Waals surface area (Å²) in [5.41, 5.74) is 4.52. The molecule has 190 valence electrons. The Morgan fingerprint density at radius 3 is 2.60 bits per heavy atom. The maximum atomic E-state index is 15.4. The number of nitrogens with zero attached hydrogens (tertiary/aromatic N) is 4. The average Bonchev–Trinajstić information content (AvgIpc) is 3.29. The summed E-state index contributed by atoms with van der Waals surface area (Å²) in [4.78, 5) is 28.2. The van der Waals surface area contributed by atoms with E-state index in [9.17, 15) is 4.79 Å². The monoisotopic (exact) mass is 483 g/mol. The van der Waals surface area contributed by atoms with Crippen LogP contribution >= 0.6 is 0 Å². The van der Waals surface area contributed by atoms with Crippen molar-refractivity contribution in [2.24, 2.45) is 16.8 Å². The van der Waals surface area contributed by atoms with Gasteiger partial charge >= 0.3 is 0 Å². The van der Waals surface area contributed by atoms with Gasteiger partial charge in [-0.15, -0.1) is 0 Å². The molecule has 0 amide bonds. The van der Waals surface area contributed by atoms with Crippen LogP contribution in [0.4, 0.5) is 10.1 Å². The molecule has 8 heteroatoms. The third-order valence-electron chi connectivity index (χ3n) is 7.67. The van der Waals surface area contributed by atoms with E-state index in [-0.39, 0.29) is 17.5 Å². The molecule has 1 aromatic carbocycles. The number of aromatic nitrogens is 1. The van der Waals surface area contributed by atoms with Gasteiger partial charge in [-0.2, -0.15) is 0 Å². The van der Waals surface area contributed by atoms with Crippen LogP contribution in [0.15, 0.2) is 28.1 Å². The fourth-order valence-corrected chi connectivity index (χ4v) is 5.61. The van der Waals surface area contributed by atoms with E-state index >= 15 is 4.39 Å². The predicted molar refractivity (Wildman–Crippen MR) is 138 cm³/mol. The molecule has 3 heterocycles. The minimum atomic E-state index is -0.337. The first-order valence-corrected chi connectivity index (χ1v) is 13.2. The molecule has 5 rings (SSSR count). The molecule has 1 aromatic heterocycles. The van der Waals surface area contributed by atoms with Crippen molar-refractivity contribution in [1.29, 1.82) is 0 Å². The number of piperazine rings is 1. The van der Waals surface area contributed by atoms with Crippen molar-refractivity contribution in [3.63, 3.8) is 0 Å². The molecule has 3 aliphatic rings. The fourth-order valence-electron chi connectivity index (χ4n) is 5.61. The number of fused-ring (bicyclic) bond motifs is 1. The van der Waals surface area contributed by atoms with Gasteiger partial charge in [0.2, 0.25) is 0 Å². The van der Waals surface area contributed by atoms with E-state index in [1.807, 2.05) is 12.3 Å². The van der Waals surface area contributed by atoms with Crippen molar-refractivity contribution in [2.45, 2.75) is 65.1 Å². The van der Waals surface area contributed by atoms with Gasteiger partial charge in [0, 0.05) is 44.3 Å². The second-order valence-corrected chi connectivity index (χ2v) is 10.9. The molecule has 1 saturated heterocycles. The normalized spacial score (nSPS) is 22.1. The summed E-state index contributed by atoms with van der Waals surface area (Å²) in [6, 6.07) is 3.33. The predicted octanol–water partition coefficient (Wildman–Crippen LogP) is 4.13. The lowest BCUT2D eigenvalue weighted by molar-refractivity contribution is 0.0261.